The number of carbonyl (C=O) groups is 1. The maximum absolute atomic E-state index is 12.7. The summed E-state index contributed by atoms with van der Waals surface area (Å²) in [6.45, 7) is 9.75. The lowest BCUT2D eigenvalue weighted by atomic mass is 9.96. The monoisotopic (exact) mass is 506 g/mol. The summed E-state index contributed by atoms with van der Waals surface area (Å²) in [6.07, 6.45) is 6.36. The molecule has 0 unspecified atom stereocenters. The van der Waals surface area contributed by atoms with Crippen molar-refractivity contribution in [2.24, 2.45) is 5.73 Å². The second kappa shape index (κ2) is 13.1. The number of hydrogen-bond donors (Lipinski definition) is 3. The highest BCUT2D eigenvalue weighted by Gasteiger charge is 2.27. The maximum atomic E-state index is 12.7. The van der Waals surface area contributed by atoms with Crippen LogP contribution in [0.3, 0.4) is 0 Å². The van der Waals surface area contributed by atoms with Gasteiger partial charge in [-0.25, -0.2) is 10.00 Å². The molecule has 9 nitrogen and oxygen atoms in total. The zero-order valence-corrected chi connectivity index (χ0v) is 22.3. The third-order valence-electron chi connectivity index (χ3n) is 6.20. The molecule has 198 valence electrons. The standard InChI is InChI=1S/C28H38N6O3/c1-5-36-22-12-10-21(11-13-22)27(35)33-37-28(3,4)18-25-20(2)26(31-16-9-7-6-8-15-29)23(19-30)24-14-17-32-34(24)25/h10-14,17,31H,5-9,15-16,18,29H2,1-4H3,(H,33,35). The van der Waals surface area contributed by atoms with Gasteiger partial charge in [-0.2, -0.15) is 10.4 Å². The summed E-state index contributed by atoms with van der Waals surface area (Å²) in [5, 5.41) is 17.9. The minimum atomic E-state index is -0.752. The number of benzene rings is 1. The molecule has 0 spiro atoms. The van der Waals surface area contributed by atoms with Crippen molar-refractivity contribution in [1.82, 2.24) is 15.1 Å². The fourth-order valence-electron chi connectivity index (χ4n) is 4.26. The Morgan fingerprint density at radius 1 is 1.16 bits per heavy atom. The fraction of sp³-hybridized carbons (Fsp3) is 0.464. The van der Waals surface area contributed by atoms with E-state index >= 15 is 0 Å². The number of anilines is 1. The van der Waals surface area contributed by atoms with Crippen LogP contribution < -0.4 is 21.3 Å². The van der Waals surface area contributed by atoms with Crippen LogP contribution in [0.15, 0.2) is 36.5 Å². The number of nitrogens with zero attached hydrogens (tertiary/aromatic N) is 3. The SMILES string of the molecule is CCOc1ccc(C(=O)NOC(C)(C)Cc2c(C)c(NCCCCCCN)c(C#N)c3ccnn23)cc1. The van der Waals surface area contributed by atoms with E-state index in [1.165, 1.54) is 0 Å². The molecule has 2 heterocycles. The average molecular weight is 507 g/mol. The van der Waals surface area contributed by atoms with Crippen LogP contribution in [0.2, 0.25) is 0 Å². The second-order valence-electron chi connectivity index (χ2n) is 9.62. The molecule has 0 atom stereocenters. The number of pyridine rings is 1. The smallest absolute Gasteiger partial charge is 0.274 e. The summed E-state index contributed by atoms with van der Waals surface area (Å²) >= 11 is 0. The Balaban J connectivity index is 1.75. The van der Waals surface area contributed by atoms with Crippen molar-refractivity contribution in [3.63, 3.8) is 0 Å². The quantitative estimate of drug-likeness (QED) is 0.217. The highest BCUT2D eigenvalue weighted by molar-refractivity contribution is 5.93. The Morgan fingerprint density at radius 2 is 1.89 bits per heavy atom. The topological polar surface area (TPSA) is 127 Å². The highest BCUT2D eigenvalue weighted by atomic mass is 16.7. The molecule has 0 bridgehead atoms. The van der Waals surface area contributed by atoms with Crippen molar-refractivity contribution in [2.45, 2.75) is 65.4 Å². The van der Waals surface area contributed by atoms with Crippen LogP contribution >= 0.6 is 0 Å². The number of hydroxylamine groups is 1. The van der Waals surface area contributed by atoms with Gasteiger partial charge in [-0.3, -0.25) is 9.63 Å². The molecule has 0 fully saturated rings. The second-order valence-corrected chi connectivity index (χ2v) is 9.62. The minimum absolute atomic E-state index is 0.339. The molecule has 9 heteroatoms. The number of amides is 1. The van der Waals surface area contributed by atoms with Crippen LogP contribution in [0, 0.1) is 18.3 Å². The summed E-state index contributed by atoms with van der Waals surface area (Å²) in [6, 6.07) is 11.1. The molecule has 1 aromatic carbocycles. The minimum Gasteiger partial charge on any atom is -0.494 e. The van der Waals surface area contributed by atoms with Gasteiger partial charge in [0.05, 0.1) is 35.3 Å². The largest absolute Gasteiger partial charge is 0.494 e. The van der Waals surface area contributed by atoms with E-state index in [2.05, 4.69) is 22.0 Å². The Kier molecular flexibility index (Phi) is 9.89. The van der Waals surface area contributed by atoms with Crippen molar-refractivity contribution < 1.29 is 14.4 Å². The molecule has 0 saturated carbocycles. The molecule has 0 aliphatic rings. The number of fused-ring (bicyclic) bond motifs is 1. The van der Waals surface area contributed by atoms with E-state index in [4.69, 9.17) is 15.3 Å². The van der Waals surface area contributed by atoms with Crippen molar-refractivity contribution in [3.05, 3.63) is 58.9 Å². The summed E-state index contributed by atoms with van der Waals surface area (Å²) in [4.78, 5) is 18.5. The number of ether oxygens (including phenoxy) is 1. The van der Waals surface area contributed by atoms with E-state index in [9.17, 15) is 10.1 Å². The predicted molar refractivity (Wildman–Crippen MR) is 145 cm³/mol. The Morgan fingerprint density at radius 3 is 2.57 bits per heavy atom. The Labute approximate surface area is 218 Å². The lowest BCUT2D eigenvalue weighted by Crippen LogP contribution is -2.38. The van der Waals surface area contributed by atoms with Crippen molar-refractivity contribution >= 4 is 17.1 Å². The van der Waals surface area contributed by atoms with Gasteiger partial charge >= 0.3 is 0 Å². The molecule has 1 amide bonds. The van der Waals surface area contributed by atoms with Gasteiger partial charge in [0, 0.05) is 18.5 Å². The van der Waals surface area contributed by atoms with Crippen LogP contribution in [-0.2, 0) is 11.3 Å². The summed E-state index contributed by atoms with van der Waals surface area (Å²) in [5.74, 6) is 0.369. The zero-order chi connectivity index (χ0) is 26.8. The number of unbranched alkanes of at least 4 members (excludes halogenated alkanes) is 3. The van der Waals surface area contributed by atoms with Gasteiger partial charge in [-0.15, -0.1) is 0 Å². The van der Waals surface area contributed by atoms with Gasteiger partial charge in [0.2, 0.25) is 0 Å². The molecule has 0 aliphatic heterocycles. The molecule has 0 radical (unpaired) electrons. The summed E-state index contributed by atoms with van der Waals surface area (Å²) in [5.41, 5.74) is 11.9. The van der Waals surface area contributed by atoms with Crippen molar-refractivity contribution in [1.29, 1.82) is 5.26 Å². The predicted octanol–water partition coefficient (Wildman–Crippen LogP) is 4.53. The average Bonchev–Trinajstić information content (AvgIpc) is 3.37. The fourth-order valence-corrected chi connectivity index (χ4v) is 4.26. The first-order valence-electron chi connectivity index (χ1n) is 12.9. The molecule has 2 aromatic heterocycles. The molecule has 4 N–H and O–H groups in total. The first kappa shape index (κ1) is 28.0. The van der Waals surface area contributed by atoms with Crippen LogP contribution in [0.4, 0.5) is 5.69 Å². The number of carbonyl (C=O) groups excluding carboxylic acids is 1. The van der Waals surface area contributed by atoms with E-state index in [1.54, 1.807) is 35.0 Å². The van der Waals surface area contributed by atoms with E-state index in [-0.39, 0.29) is 5.91 Å². The molecule has 0 saturated heterocycles. The third-order valence-corrected chi connectivity index (χ3v) is 6.20. The van der Waals surface area contributed by atoms with Crippen LogP contribution in [0.25, 0.3) is 5.52 Å². The first-order valence-corrected chi connectivity index (χ1v) is 12.9. The number of rotatable bonds is 14. The summed E-state index contributed by atoms with van der Waals surface area (Å²) < 4.78 is 7.22. The highest BCUT2D eigenvalue weighted by Crippen LogP contribution is 2.31. The number of nitrogens with two attached hydrogens (primary N) is 1. The van der Waals surface area contributed by atoms with E-state index in [0.717, 1.165) is 54.7 Å². The van der Waals surface area contributed by atoms with Gasteiger partial charge in [0.15, 0.2) is 0 Å². The van der Waals surface area contributed by atoms with E-state index in [0.29, 0.717) is 36.4 Å². The molecular formula is C28H38N6O3. The lowest BCUT2D eigenvalue weighted by molar-refractivity contribution is -0.0705. The Hall–Kier alpha value is -3.61. The van der Waals surface area contributed by atoms with Crippen LogP contribution in [0.1, 0.15) is 73.6 Å². The third kappa shape index (κ3) is 7.21. The molecule has 37 heavy (non-hydrogen) atoms. The molecular weight excluding hydrogens is 468 g/mol. The molecule has 3 aromatic rings. The van der Waals surface area contributed by atoms with Gasteiger partial charge in [0.1, 0.15) is 17.4 Å². The van der Waals surface area contributed by atoms with Gasteiger partial charge in [-0.05, 0) is 83.0 Å². The van der Waals surface area contributed by atoms with E-state index < -0.39 is 5.60 Å². The molecule has 3 rings (SSSR count). The lowest BCUT2D eigenvalue weighted by Gasteiger charge is -2.27. The van der Waals surface area contributed by atoms with Crippen molar-refractivity contribution in [3.8, 4) is 11.8 Å². The Bertz CT molecular complexity index is 1230. The number of nitriles is 1. The summed E-state index contributed by atoms with van der Waals surface area (Å²) in [7, 11) is 0. The number of aromatic nitrogens is 2. The van der Waals surface area contributed by atoms with Crippen molar-refractivity contribution in [2.75, 3.05) is 25.0 Å². The zero-order valence-electron chi connectivity index (χ0n) is 22.3. The molecule has 0 aliphatic carbocycles. The number of hydrogen-bond acceptors (Lipinski definition) is 7. The van der Waals surface area contributed by atoms with Gasteiger partial charge in [-0.1, -0.05) is 12.8 Å². The number of nitrogens with one attached hydrogen (secondary N) is 2. The maximum Gasteiger partial charge on any atom is 0.274 e. The van der Waals surface area contributed by atoms with Crippen LogP contribution in [0.5, 0.6) is 5.75 Å². The first-order chi connectivity index (χ1) is 17.8. The normalized spacial score (nSPS) is 11.4. The van der Waals surface area contributed by atoms with E-state index in [1.807, 2.05) is 33.8 Å². The van der Waals surface area contributed by atoms with Crippen LogP contribution in [-0.4, -0.2) is 40.8 Å². The van der Waals surface area contributed by atoms with Gasteiger partial charge in [0.25, 0.3) is 5.91 Å². The van der Waals surface area contributed by atoms with Gasteiger partial charge < -0.3 is 15.8 Å².